The second-order valence-electron chi connectivity index (χ2n) is 8.58. The van der Waals surface area contributed by atoms with Gasteiger partial charge in [0.05, 0.1) is 11.5 Å². The van der Waals surface area contributed by atoms with Gasteiger partial charge < -0.3 is 9.47 Å². The lowest BCUT2D eigenvalue weighted by atomic mass is 9.65. The average molecular weight is 429 g/mol. The molecule has 4 aliphatic rings. The molecule has 5 atom stereocenters. The average Bonchev–Trinajstić information content (AvgIpc) is 2.93. The van der Waals surface area contributed by atoms with Crippen LogP contribution in [-0.4, -0.2) is 39.8 Å². The van der Waals surface area contributed by atoms with E-state index in [-0.39, 0.29) is 23.3 Å². The molecule has 0 aromatic heterocycles. The maximum Gasteiger partial charge on any atom is 0.296 e. The molecule has 29 heavy (non-hydrogen) atoms. The van der Waals surface area contributed by atoms with E-state index < -0.39 is 27.8 Å². The van der Waals surface area contributed by atoms with Crippen molar-refractivity contribution in [2.45, 2.75) is 74.9 Å². The molecule has 3 aliphatic heterocycles. The Balaban J connectivity index is 1.49. The number of benzene rings is 1. The molecule has 0 unspecified atom stereocenters. The molecule has 162 valence electrons. The van der Waals surface area contributed by atoms with E-state index >= 15 is 0 Å². The normalized spacial score (nSPS) is 37.1. The Labute approximate surface area is 172 Å². The van der Waals surface area contributed by atoms with Crippen molar-refractivity contribution < 1.29 is 31.8 Å². The van der Waals surface area contributed by atoms with E-state index in [9.17, 15) is 8.42 Å². The number of hydrogen-bond acceptors (Lipinski definition) is 7. The summed E-state index contributed by atoms with van der Waals surface area (Å²) in [5.74, 6) is -0.551. The Hall–Kier alpha value is -1.03. The number of hydrogen-bond donors (Lipinski definition) is 0. The van der Waals surface area contributed by atoms with E-state index in [1.807, 2.05) is 13.8 Å². The molecule has 8 heteroatoms. The quantitative estimate of drug-likeness (QED) is 0.388. The Morgan fingerprint density at radius 2 is 1.93 bits per heavy atom. The molecule has 2 bridgehead atoms. The molecule has 3 saturated heterocycles. The van der Waals surface area contributed by atoms with Crippen LogP contribution in [0.3, 0.4) is 0 Å². The summed E-state index contributed by atoms with van der Waals surface area (Å²) >= 11 is 0. The van der Waals surface area contributed by atoms with Crippen LogP contribution >= 0.6 is 0 Å². The van der Waals surface area contributed by atoms with Gasteiger partial charge >= 0.3 is 0 Å². The zero-order valence-electron chi connectivity index (χ0n) is 17.3. The summed E-state index contributed by atoms with van der Waals surface area (Å²) in [6, 6.07) is 6.66. The summed E-state index contributed by atoms with van der Waals surface area (Å²) in [6.45, 7) is 3.86. The molecule has 0 radical (unpaired) electrons. The fraction of sp³-hybridized carbons (Fsp3) is 0.714. The number of aryl methyl sites for hydroxylation is 1. The first-order valence-corrected chi connectivity index (χ1v) is 11.7. The van der Waals surface area contributed by atoms with Crippen LogP contribution in [0.4, 0.5) is 0 Å². The molecule has 0 amide bonds. The van der Waals surface area contributed by atoms with Gasteiger partial charge in [-0.1, -0.05) is 24.1 Å². The predicted octanol–water partition coefficient (Wildman–Crippen LogP) is 3.71. The first kappa shape index (κ1) is 21.2. The fourth-order valence-corrected chi connectivity index (χ4v) is 5.96. The molecular weight excluding hydrogens is 398 g/mol. The topological polar surface area (TPSA) is 80.3 Å². The molecule has 1 spiro atoms. The van der Waals surface area contributed by atoms with Crippen LogP contribution in [0.2, 0.25) is 0 Å². The van der Waals surface area contributed by atoms with Gasteiger partial charge in [-0.25, -0.2) is 9.78 Å². The zero-order valence-corrected chi connectivity index (χ0v) is 18.1. The molecule has 5 rings (SSSR count). The van der Waals surface area contributed by atoms with Crippen LogP contribution in [-0.2, 0) is 33.6 Å². The molecule has 0 N–H and O–H groups in total. The highest BCUT2D eigenvalue weighted by molar-refractivity contribution is 7.86. The largest absolute Gasteiger partial charge is 0.353 e. The van der Waals surface area contributed by atoms with Crippen molar-refractivity contribution in [3.63, 3.8) is 0 Å². The number of fused-ring (bicyclic) bond motifs is 3. The monoisotopic (exact) mass is 428 g/mol. The molecular formula is C21H30O7S. The lowest BCUT2D eigenvalue weighted by Gasteiger charge is -2.53. The van der Waals surface area contributed by atoms with Crippen molar-refractivity contribution in [3.8, 4) is 0 Å². The number of methoxy groups -OCH3 is 1. The summed E-state index contributed by atoms with van der Waals surface area (Å²) in [7, 11) is -2.18. The van der Waals surface area contributed by atoms with Crippen LogP contribution in [0.1, 0.15) is 51.0 Å². The van der Waals surface area contributed by atoms with Gasteiger partial charge in [0.15, 0.2) is 11.9 Å². The minimum absolute atomic E-state index is 0.0158. The summed E-state index contributed by atoms with van der Waals surface area (Å²) in [6.07, 6.45) is 4.59. The first-order valence-electron chi connectivity index (χ1n) is 10.3. The lowest BCUT2D eigenvalue weighted by Crippen LogP contribution is -2.63. The molecule has 4 fully saturated rings. The minimum atomic E-state index is -3.79. The zero-order chi connectivity index (χ0) is 20.7. The second-order valence-corrected chi connectivity index (χ2v) is 10.2. The SMILES string of the molecule is CO[C@H]1[18O][C@@]2(C)CC[C@H]3CCC[C@@H](CCOS(=O)(=O)c4ccc(C)cc4)[C@]31OO2. The van der Waals surface area contributed by atoms with Crippen molar-refractivity contribution in [3.05, 3.63) is 29.8 Å². The van der Waals surface area contributed by atoms with E-state index in [0.29, 0.717) is 6.42 Å². The highest BCUT2D eigenvalue weighted by Gasteiger charge is 2.63. The summed E-state index contributed by atoms with van der Waals surface area (Å²) in [5, 5.41) is 0. The van der Waals surface area contributed by atoms with Crippen LogP contribution in [0.15, 0.2) is 29.2 Å². The Morgan fingerprint density at radius 3 is 2.66 bits per heavy atom. The lowest BCUT2D eigenvalue weighted by molar-refractivity contribution is -0.554. The summed E-state index contributed by atoms with van der Waals surface area (Å²) in [5.41, 5.74) is 0.261. The molecule has 1 saturated carbocycles. The van der Waals surface area contributed by atoms with Crippen molar-refractivity contribution in [2.24, 2.45) is 11.8 Å². The first-order chi connectivity index (χ1) is 13.8. The van der Waals surface area contributed by atoms with Gasteiger partial charge in [-0.2, -0.15) is 8.42 Å². The Morgan fingerprint density at radius 1 is 1.17 bits per heavy atom. The predicted molar refractivity (Wildman–Crippen MR) is 104 cm³/mol. The smallest absolute Gasteiger partial charge is 0.296 e. The van der Waals surface area contributed by atoms with Crippen molar-refractivity contribution >= 4 is 10.1 Å². The van der Waals surface area contributed by atoms with Crippen LogP contribution in [0, 0.1) is 18.8 Å². The Bertz CT molecular complexity index is 824. The van der Waals surface area contributed by atoms with Crippen molar-refractivity contribution in [1.82, 2.24) is 0 Å². The number of ether oxygens (including phenoxy) is 2. The maximum atomic E-state index is 12.5. The number of rotatable bonds is 6. The molecule has 1 aliphatic carbocycles. The molecule has 7 nitrogen and oxygen atoms in total. The molecule has 3 heterocycles. The minimum Gasteiger partial charge on any atom is -0.353 e. The van der Waals surface area contributed by atoms with E-state index in [2.05, 4.69) is 0 Å². The maximum absolute atomic E-state index is 12.5. The van der Waals surface area contributed by atoms with Crippen molar-refractivity contribution in [2.75, 3.05) is 13.7 Å². The third-order valence-corrected chi connectivity index (χ3v) is 7.97. The van der Waals surface area contributed by atoms with E-state index in [4.69, 9.17) is 23.4 Å². The van der Waals surface area contributed by atoms with Gasteiger partial charge in [0.2, 0.25) is 5.79 Å². The summed E-state index contributed by atoms with van der Waals surface area (Å²) < 4.78 is 42.2. The standard InChI is InChI=1S/C21H30O7S/c1-15-7-9-18(10-8-15)29(22,23)25-14-12-17-6-4-5-16-11-13-20(2)26-19(24-3)21(16,17)28-27-20/h7-10,16-17,19H,4-6,11-14H2,1-3H3/t16-,17+,19+,20-,21-/m1/s1/i26+2. The fourth-order valence-electron chi connectivity index (χ4n) is 5.04. The molecule has 1 aromatic carbocycles. The highest BCUT2D eigenvalue weighted by atomic mass is 32.2. The van der Waals surface area contributed by atoms with E-state index in [1.165, 1.54) is 0 Å². The molecule has 1 aromatic rings. The van der Waals surface area contributed by atoms with E-state index in [1.54, 1.807) is 31.4 Å². The third kappa shape index (κ3) is 3.86. The van der Waals surface area contributed by atoms with Crippen LogP contribution in [0.25, 0.3) is 0 Å². The van der Waals surface area contributed by atoms with Gasteiger partial charge in [-0.15, -0.1) is 0 Å². The van der Waals surface area contributed by atoms with Gasteiger partial charge in [-0.05, 0) is 63.5 Å². The highest BCUT2D eigenvalue weighted by Crippen LogP contribution is 2.55. The van der Waals surface area contributed by atoms with Gasteiger partial charge in [-0.3, -0.25) is 4.18 Å². The van der Waals surface area contributed by atoms with Gasteiger partial charge in [0.1, 0.15) is 0 Å². The summed E-state index contributed by atoms with van der Waals surface area (Å²) in [4.78, 5) is 11.9. The third-order valence-electron chi connectivity index (χ3n) is 6.64. The van der Waals surface area contributed by atoms with Crippen LogP contribution in [0.5, 0.6) is 0 Å². The van der Waals surface area contributed by atoms with Crippen molar-refractivity contribution in [1.29, 1.82) is 0 Å². The van der Waals surface area contributed by atoms with Gasteiger partial charge in [0, 0.05) is 13.5 Å². The Kier molecular flexibility index (Phi) is 5.78. The van der Waals surface area contributed by atoms with Gasteiger partial charge in [0.25, 0.3) is 10.1 Å². The van der Waals surface area contributed by atoms with Crippen LogP contribution < -0.4 is 0 Å². The second kappa shape index (κ2) is 7.90. The van der Waals surface area contributed by atoms with E-state index in [0.717, 1.165) is 37.7 Å².